The molecule has 0 spiro atoms. The van der Waals surface area contributed by atoms with Gasteiger partial charge in [-0.05, 0) is 22.9 Å². The van der Waals surface area contributed by atoms with E-state index in [9.17, 15) is 5.11 Å². The van der Waals surface area contributed by atoms with Gasteiger partial charge in [-0.15, -0.1) is 0 Å². The van der Waals surface area contributed by atoms with Crippen molar-refractivity contribution in [1.82, 2.24) is 0 Å². The molecular weight excluding hydrogens is 147 g/mol. The van der Waals surface area contributed by atoms with Crippen LogP contribution >= 0.6 is 0 Å². The van der Waals surface area contributed by atoms with Gasteiger partial charge in [-0.2, -0.15) is 0 Å². The van der Waals surface area contributed by atoms with E-state index in [-0.39, 0.29) is 5.75 Å². The summed E-state index contributed by atoms with van der Waals surface area (Å²) in [6.45, 7) is 0. The highest BCUT2D eigenvalue weighted by atomic mass is 16.3. The molecule has 2 rings (SSSR count). The van der Waals surface area contributed by atoms with E-state index in [1.54, 1.807) is 12.1 Å². The van der Waals surface area contributed by atoms with Gasteiger partial charge in [0.25, 0.3) is 0 Å². The minimum Gasteiger partial charge on any atom is -0.508 e. The minimum absolute atomic E-state index is 0.250. The Morgan fingerprint density at radius 1 is 1.08 bits per heavy atom. The van der Waals surface area contributed by atoms with E-state index in [1.165, 1.54) is 0 Å². The molecule has 0 aliphatic carbocycles. The molecule has 0 amide bonds. The fourth-order valence-corrected chi connectivity index (χ4v) is 1.28. The van der Waals surface area contributed by atoms with Gasteiger partial charge in [-0.25, -0.2) is 0 Å². The molecule has 0 aromatic heterocycles. The van der Waals surface area contributed by atoms with Crippen LogP contribution in [0, 0.1) is 0 Å². The van der Waals surface area contributed by atoms with Gasteiger partial charge in [0.1, 0.15) is 13.6 Å². The second kappa shape index (κ2) is 2.56. The summed E-state index contributed by atoms with van der Waals surface area (Å²) in [6.07, 6.45) is 0. The maximum absolute atomic E-state index is 9.20. The number of rotatable bonds is 0. The van der Waals surface area contributed by atoms with Crippen molar-refractivity contribution < 1.29 is 5.11 Å². The summed E-state index contributed by atoms with van der Waals surface area (Å²) in [5.41, 5.74) is 0.698. The molecule has 0 bridgehead atoms. The second-order valence-electron chi connectivity index (χ2n) is 2.75. The molecule has 0 fully saturated rings. The molecule has 2 aromatic carbocycles. The zero-order valence-electron chi connectivity index (χ0n) is 6.49. The molecule has 2 aromatic rings. The first kappa shape index (κ1) is 7.23. The molecule has 0 saturated carbocycles. The Kier molecular flexibility index (Phi) is 1.54. The number of phenols is 1. The number of benzene rings is 2. The van der Waals surface area contributed by atoms with E-state index in [1.807, 2.05) is 24.3 Å². The standard InChI is InChI=1S/C10H7BO/c11-10-3-1-2-7-4-5-8(12)6-9(7)10/h1-6,12H. The van der Waals surface area contributed by atoms with Gasteiger partial charge in [0.15, 0.2) is 0 Å². The van der Waals surface area contributed by atoms with E-state index >= 15 is 0 Å². The Hall–Kier alpha value is -1.44. The first-order valence-electron chi connectivity index (χ1n) is 3.74. The summed E-state index contributed by atoms with van der Waals surface area (Å²) in [6, 6.07) is 10.9. The molecule has 1 nitrogen and oxygen atoms in total. The first-order chi connectivity index (χ1) is 5.77. The van der Waals surface area contributed by atoms with Crippen molar-refractivity contribution in [3.63, 3.8) is 0 Å². The molecule has 56 valence electrons. The number of hydrogen-bond acceptors (Lipinski definition) is 1. The van der Waals surface area contributed by atoms with Crippen molar-refractivity contribution >= 4 is 24.1 Å². The van der Waals surface area contributed by atoms with Crippen molar-refractivity contribution in [1.29, 1.82) is 0 Å². The van der Waals surface area contributed by atoms with E-state index in [0.29, 0.717) is 5.46 Å². The highest BCUT2D eigenvalue weighted by Crippen LogP contribution is 2.17. The molecule has 2 radical (unpaired) electrons. The van der Waals surface area contributed by atoms with Crippen LogP contribution in [-0.4, -0.2) is 13.0 Å². The lowest BCUT2D eigenvalue weighted by Crippen LogP contribution is -2.01. The molecule has 0 heterocycles. The SMILES string of the molecule is [B]c1cccc2ccc(O)cc12. The third kappa shape index (κ3) is 1.05. The maximum Gasteiger partial charge on any atom is 0.116 e. The Bertz CT molecular complexity index is 423. The van der Waals surface area contributed by atoms with Gasteiger partial charge in [0.05, 0.1) is 0 Å². The minimum atomic E-state index is 0.250. The number of hydrogen-bond donors (Lipinski definition) is 1. The number of phenolic OH excluding ortho intramolecular Hbond substituents is 1. The van der Waals surface area contributed by atoms with Crippen LogP contribution < -0.4 is 5.46 Å². The van der Waals surface area contributed by atoms with Gasteiger partial charge in [0, 0.05) is 0 Å². The topological polar surface area (TPSA) is 20.2 Å². The Labute approximate surface area is 72.1 Å². The summed E-state index contributed by atoms with van der Waals surface area (Å²) in [7, 11) is 5.71. The van der Waals surface area contributed by atoms with Crippen molar-refractivity contribution in [2.75, 3.05) is 0 Å². The maximum atomic E-state index is 9.20. The van der Waals surface area contributed by atoms with Crippen LogP contribution in [0.2, 0.25) is 0 Å². The Morgan fingerprint density at radius 3 is 2.75 bits per heavy atom. The summed E-state index contributed by atoms with van der Waals surface area (Å²) < 4.78 is 0. The van der Waals surface area contributed by atoms with Crippen molar-refractivity contribution in [2.24, 2.45) is 0 Å². The van der Waals surface area contributed by atoms with Crippen molar-refractivity contribution in [2.45, 2.75) is 0 Å². The summed E-state index contributed by atoms with van der Waals surface area (Å²) in [5.74, 6) is 0.250. The first-order valence-corrected chi connectivity index (χ1v) is 3.74. The van der Waals surface area contributed by atoms with Crippen LogP contribution in [0.4, 0.5) is 0 Å². The van der Waals surface area contributed by atoms with Crippen LogP contribution in [0.25, 0.3) is 10.8 Å². The average molecular weight is 154 g/mol. The molecular formula is C10H7BO. The smallest absolute Gasteiger partial charge is 0.116 e. The third-order valence-electron chi connectivity index (χ3n) is 1.90. The lowest BCUT2D eigenvalue weighted by atomic mass is 9.90. The third-order valence-corrected chi connectivity index (χ3v) is 1.90. The van der Waals surface area contributed by atoms with Crippen LogP contribution in [0.3, 0.4) is 0 Å². The van der Waals surface area contributed by atoms with Gasteiger partial charge >= 0.3 is 0 Å². The van der Waals surface area contributed by atoms with Crippen LogP contribution in [0.5, 0.6) is 5.75 Å². The highest BCUT2D eigenvalue weighted by Gasteiger charge is 1.96. The van der Waals surface area contributed by atoms with Crippen LogP contribution in [0.1, 0.15) is 0 Å². The van der Waals surface area contributed by atoms with Gasteiger partial charge in [0.2, 0.25) is 0 Å². The molecule has 12 heavy (non-hydrogen) atoms. The lowest BCUT2D eigenvalue weighted by molar-refractivity contribution is 0.476. The average Bonchev–Trinajstić information content (AvgIpc) is 2.07. The quantitative estimate of drug-likeness (QED) is 0.567. The van der Waals surface area contributed by atoms with E-state index in [2.05, 4.69) is 0 Å². The molecule has 2 heteroatoms. The fraction of sp³-hybridized carbons (Fsp3) is 0. The molecule has 1 N–H and O–H groups in total. The van der Waals surface area contributed by atoms with Gasteiger partial charge in [-0.1, -0.05) is 29.7 Å². The molecule has 0 saturated heterocycles. The Morgan fingerprint density at radius 2 is 1.92 bits per heavy atom. The lowest BCUT2D eigenvalue weighted by Gasteiger charge is -2.01. The zero-order valence-corrected chi connectivity index (χ0v) is 6.49. The van der Waals surface area contributed by atoms with Crippen molar-refractivity contribution in [3.05, 3.63) is 36.4 Å². The van der Waals surface area contributed by atoms with E-state index in [0.717, 1.165) is 10.8 Å². The normalized spacial score (nSPS) is 10.3. The van der Waals surface area contributed by atoms with Crippen LogP contribution in [-0.2, 0) is 0 Å². The Balaban J connectivity index is 2.88. The largest absolute Gasteiger partial charge is 0.508 e. The van der Waals surface area contributed by atoms with E-state index in [4.69, 9.17) is 7.85 Å². The molecule has 0 atom stereocenters. The number of fused-ring (bicyclic) bond motifs is 1. The second-order valence-corrected chi connectivity index (χ2v) is 2.75. The summed E-state index contributed by atoms with van der Waals surface area (Å²) >= 11 is 0. The predicted octanol–water partition coefficient (Wildman–Crippen LogP) is 1.34. The van der Waals surface area contributed by atoms with Gasteiger partial charge in [-0.3, -0.25) is 0 Å². The molecule has 0 aliphatic heterocycles. The predicted molar refractivity (Wildman–Crippen MR) is 51.0 cm³/mol. The zero-order chi connectivity index (χ0) is 8.55. The molecule has 0 unspecified atom stereocenters. The molecule has 0 aliphatic rings. The van der Waals surface area contributed by atoms with Gasteiger partial charge < -0.3 is 5.11 Å². The fourth-order valence-electron chi connectivity index (χ4n) is 1.28. The van der Waals surface area contributed by atoms with Crippen molar-refractivity contribution in [3.8, 4) is 5.75 Å². The van der Waals surface area contributed by atoms with E-state index < -0.39 is 0 Å². The summed E-state index contributed by atoms with van der Waals surface area (Å²) in [5, 5.41) is 11.1. The highest BCUT2D eigenvalue weighted by molar-refractivity contribution is 6.38. The monoisotopic (exact) mass is 154 g/mol. The van der Waals surface area contributed by atoms with Crippen LogP contribution in [0.15, 0.2) is 36.4 Å². The summed E-state index contributed by atoms with van der Waals surface area (Å²) in [4.78, 5) is 0. The number of aromatic hydroxyl groups is 1.